The number of benzene rings is 1. The van der Waals surface area contributed by atoms with E-state index in [4.69, 9.17) is 9.15 Å². The summed E-state index contributed by atoms with van der Waals surface area (Å²) in [5.41, 5.74) is 0.0841. The molecule has 0 spiro atoms. The maximum Gasteiger partial charge on any atom is 0.146 e. The molecule has 0 saturated heterocycles. The second-order valence-electron chi connectivity index (χ2n) is 5.91. The van der Waals surface area contributed by atoms with E-state index in [2.05, 4.69) is 32.2 Å². The van der Waals surface area contributed by atoms with Crippen molar-refractivity contribution in [3.8, 4) is 5.75 Å². The van der Waals surface area contributed by atoms with Crippen molar-refractivity contribution in [1.82, 2.24) is 5.32 Å². The minimum atomic E-state index is 0.0841. The van der Waals surface area contributed by atoms with Gasteiger partial charge in [-0.25, -0.2) is 0 Å². The third-order valence-corrected chi connectivity index (χ3v) is 3.73. The van der Waals surface area contributed by atoms with Crippen LogP contribution in [0.3, 0.4) is 0 Å². The lowest BCUT2D eigenvalue weighted by atomic mass is 10.1. The Labute approximate surface area is 131 Å². The van der Waals surface area contributed by atoms with Crippen molar-refractivity contribution in [2.45, 2.75) is 44.4 Å². The van der Waals surface area contributed by atoms with Gasteiger partial charge in [0.05, 0.1) is 6.54 Å². The molecule has 0 amide bonds. The van der Waals surface area contributed by atoms with E-state index in [9.17, 15) is 0 Å². The summed E-state index contributed by atoms with van der Waals surface area (Å²) in [5.74, 6) is 2.68. The maximum absolute atomic E-state index is 5.84. The highest BCUT2D eigenvalue weighted by atomic mass is 32.2. The minimum absolute atomic E-state index is 0.0841. The summed E-state index contributed by atoms with van der Waals surface area (Å²) in [5, 5.41) is 3.41. The van der Waals surface area contributed by atoms with E-state index in [0.29, 0.717) is 6.61 Å². The van der Waals surface area contributed by atoms with Crippen LogP contribution < -0.4 is 10.1 Å². The fourth-order valence-electron chi connectivity index (χ4n) is 1.83. The van der Waals surface area contributed by atoms with Crippen LogP contribution in [-0.4, -0.2) is 11.8 Å². The van der Waals surface area contributed by atoms with Crippen molar-refractivity contribution < 1.29 is 9.15 Å². The first-order chi connectivity index (χ1) is 9.98. The number of furan rings is 1. The fourth-order valence-corrected chi connectivity index (χ4v) is 2.38. The topological polar surface area (TPSA) is 34.4 Å². The molecule has 2 aromatic rings. The van der Waals surface area contributed by atoms with Crippen LogP contribution in [0.25, 0.3) is 0 Å². The fraction of sp³-hybridized carbons (Fsp3) is 0.412. The number of ether oxygens (including phenoxy) is 1. The van der Waals surface area contributed by atoms with Crippen molar-refractivity contribution in [3.63, 3.8) is 0 Å². The lowest BCUT2D eigenvalue weighted by molar-refractivity contribution is 0.258. The van der Waals surface area contributed by atoms with Crippen LogP contribution in [0.2, 0.25) is 0 Å². The Bertz CT molecular complexity index is 572. The van der Waals surface area contributed by atoms with E-state index in [1.807, 2.05) is 36.6 Å². The molecule has 0 aliphatic carbocycles. The molecule has 0 aliphatic rings. The second-order valence-corrected chi connectivity index (χ2v) is 6.76. The zero-order valence-electron chi connectivity index (χ0n) is 13.1. The van der Waals surface area contributed by atoms with Crippen molar-refractivity contribution in [1.29, 1.82) is 0 Å². The van der Waals surface area contributed by atoms with Gasteiger partial charge in [0.2, 0.25) is 0 Å². The van der Waals surface area contributed by atoms with E-state index >= 15 is 0 Å². The summed E-state index contributed by atoms with van der Waals surface area (Å²) in [4.78, 5) is 1.14. The zero-order chi connectivity index (χ0) is 15.3. The lowest BCUT2D eigenvalue weighted by Crippen LogP contribution is -2.34. The number of para-hydroxylation sites is 1. The molecule has 2 rings (SSSR count). The van der Waals surface area contributed by atoms with E-state index in [1.165, 1.54) is 0 Å². The van der Waals surface area contributed by atoms with Gasteiger partial charge in [0.15, 0.2) is 0 Å². The van der Waals surface area contributed by atoms with Gasteiger partial charge in [-0.05, 0) is 51.3 Å². The summed E-state index contributed by atoms with van der Waals surface area (Å²) in [7, 11) is 0. The van der Waals surface area contributed by atoms with Crippen LogP contribution in [0.4, 0.5) is 0 Å². The van der Waals surface area contributed by atoms with E-state index in [1.54, 1.807) is 11.8 Å². The van der Waals surface area contributed by atoms with Gasteiger partial charge in [0, 0.05) is 10.4 Å². The molecule has 0 aliphatic heterocycles. The highest BCUT2D eigenvalue weighted by Gasteiger charge is 2.10. The average Bonchev–Trinajstić information content (AvgIpc) is 2.90. The van der Waals surface area contributed by atoms with Crippen LogP contribution in [0.5, 0.6) is 5.75 Å². The van der Waals surface area contributed by atoms with Crippen LogP contribution >= 0.6 is 11.8 Å². The van der Waals surface area contributed by atoms with E-state index < -0.39 is 0 Å². The Balaban J connectivity index is 1.91. The molecule has 0 fully saturated rings. The molecule has 0 saturated carbocycles. The molecule has 0 bridgehead atoms. The number of hydrogen-bond acceptors (Lipinski definition) is 4. The van der Waals surface area contributed by atoms with Gasteiger partial charge in [-0.15, -0.1) is 11.8 Å². The molecule has 114 valence electrons. The summed E-state index contributed by atoms with van der Waals surface area (Å²) in [6, 6.07) is 12.0. The van der Waals surface area contributed by atoms with Gasteiger partial charge < -0.3 is 14.5 Å². The SMILES string of the molecule is CSc1ccccc1OCc1ccc(CNC(C)(C)C)o1. The van der Waals surface area contributed by atoms with Crippen molar-refractivity contribution >= 4 is 11.8 Å². The number of hydrogen-bond donors (Lipinski definition) is 1. The predicted octanol–water partition coefficient (Wildman–Crippen LogP) is 4.47. The molecule has 0 unspecified atom stereocenters. The van der Waals surface area contributed by atoms with Gasteiger partial charge in [-0.2, -0.15) is 0 Å². The standard InChI is InChI=1S/C17H23NO2S/c1-17(2,3)18-11-13-9-10-14(20-13)12-19-15-7-5-6-8-16(15)21-4/h5-10,18H,11-12H2,1-4H3. The van der Waals surface area contributed by atoms with Crippen molar-refractivity contribution in [2.24, 2.45) is 0 Å². The minimum Gasteiger partial charge on any atom is -0.484 e. The Morgan fingerprint density at radius 3 is 2.52 bits per heavy atom. The molecule has 0 radical (unpaired) electrons. The summed E-state index contributed by atoms with van der Waals surface area (Å²) in [6.45, 7) is 7.59. The Hall–Kier alpha value is -1.39. The van der Waals surface area contributed by atoms with Crippen LogP contribution in [0.15, 0.2) is 45.7 Å². The quantitative estimate of drug-likeness (QED) is 0.799. The first-order valence-corrected chi connectivity index (χ1v) is 8.29. The molecule has 1 aromatic heterocycles. The average molecular weight is 305 g/mol. The molecule has 1 N–H and O–H groups in total. The molecule has 1 heterocycles. The first kappa shape index (κ1) is 16.0. The molecule has 21 heavy (non-hydrogen) atoms. The highest BCUT2D eigenvalue weighted by molar-refractivity contribution is 7.98. The molecule has 3 nitrogen and oxygen atoms in total. The summed E-state index contributed by atoms with van der Waals surface area (Å²) >= 11 is 1.68. The van der Waals surface area contributed by atoms with Gasteiger partial charge in [-0.1, -0.05) is 12.1 Å². The predicted molar refractivity (Wildman–Crippen MR) is 87.9 cm³/mol. The summed E-state index contributed by atoms with van der Waals surface area (Å²) in [6.07, 6.45) is 2.05. The van der Waals surface area contributed by atoms with Crippen LogP contribution in [0.1, 0.15) is 32.3 Å². The number of rotatable bonds is 6. The van der Waals surface area contributed by atoms with E-state index in [0.717, 1.165) is 28.7 Å². The first-order valence-electron chi connectivity index (χ1n) is 7.06. The largest absolute Gasteiger partial charge is 0.484 e. The van der Waals surface area contributed by atoms with Gasteiger partial charge in [0.25, 0.3) is 0 Å². The monoisotopic (exact) mass is 305 g/mol. The Morgan fingerprint density at radius 1 is 1.10 bits per heavy atom. The summed E-state index contributed by atoms with van der Waals surface area (Å²) < 4.78 is 11.6. The molecule has 1 aromatic carbocycles. The van der Waals surface area contributed by atoms with Crippen molar-refractivity contribution in [3.05, 3.63) is 47.9 Å². The lowest BCUT2D eigenvalue weighted by Gasteiger charge is -2.19. The maximum atomic E-state index is 5.84. The van der Waals surface area contributed by atoms with Gasteiger partial charge >= 0.3 is 0 Å². The third-order valence-electron chi connectivity index (χ3n) is 2.95. The smallest absolute Gasteiger partial charge is 0.146 e. The third kappa shape index (κ3) is 5.14. The number of nitrogens with one attached hydrogen (secondary N) is 1. The zero-order valence-corrected chi connectivity index (χ0v) is 13.9. The van der Waals surface area contributed by atoms with Gasteiger partial charge in [0.1, 0.15) is 23.9 Å². The molecular formula is C17H23NO2S. The molecular weight excluding hydrogens is 282 g/mol. The highest BCUT2D eigenvalue weighted by Crippen LogP contribution is 2.27. The van der Waals surface area contributed by atoms with Crippen LogP contribution in [-0.2, 0) is 13.2 Å². The second kappa shape index (κ2) is 7.05. The Kier molecular flexibility index (Phi) is 5.37. The number of thioether (sulfide) groups is 1. The molecule has 0 atom stereocenters. The molecule has 4 heteroatoms. The Morgan fingerprint density at radius 2 is 1.81 bits per heavy atom. The van der Waals surface area contributed by atoms with Crippen LogP contribution in [0, 0.1) is 0 Å². The van der Waals surface area contributed by atoms with Crippen molar-refractivity contribution in [2.75, 3.05) is 6.26 Å². The van der Waals surface area contributed by atoms with E-state index in [-0.39, 0.29) is 5.54 Å². The normalized spacial score (nSPS) is 11.6. The van der Waals surface area contributed by atoms with Gasteiger partial charge in [-0.3, -0.25) is 0 Å².